The smallest absolute Gasteiger partial charge is 0.232 e. The molecule has 1 N–H and O–H groups in total. The van der Waals surface area contributed by atoms with Gasteiger partial charge in [0.25, 0.3) is 0 Å². The third-order valence-corrected chi connectivity index (χ3v) is 4.62. The number of piperidine rings is 1. The van der Waals surface area contributed by atoms with Crippen LogP contribution in [0.25, 0.3) is 0 Å². The Morgan fingerprint density at radius 2 is 1.71 bits per heavy atom. The first-order valence-electron chi connectivity index (χ1n) is 8.13. The first-order chi connectivity index (χ1) is 10.2. The van der Waals surface area contributed by atoms with Crippen molar-refractivity contribution in [3.63, 3.8) is 0 Å². The minimum atomic E-state index is 0.493. The molecule has 21 heavy (non-hydrogen) atoms. The molecule has 116 valence electrons. The van der Waals surface area contributed by atoms with E-state index in [1.807, 2.05) is 7.05 Å². The van der Waals surface area contributed by atoms with Crippen LogP contribution >= 0.6 is 0 Å². The summed E-state index contributed by atoms with van der Waals surface area (Å²) in [5.41, 5.74) is 0. The van der Waals surface area contributed by atoms with E-state index in [2.05, 4.69) is 38.9 Å². The largest absolute Gasteiger partial charge is 0.357 e. The Morgan fingerprint density at radius 3 is 2.38 bits per heavy atom. The second kappa shape index (κ2) is 6.03. The highest BCUT2D eigenvalue weighted by Gasteiger charge is 2.26. The molecular formula is C15H26N6. The number of hydrogen-bond acceptors (Lipinski definition) is 6. The van der Waals surface area contributed by atoms with Crippen LogP contribution in [0.3, 0.4) is 0 Å². The summed E-state index contributed by atoms with van der Waals surface area (Å²) in [5.74, 6) is 3.12. The fourth-order valence-electron chi connectivity index (χ4n) is 3.36. The highest BCUT2D eigenvalue weighted by Crippen LogP contribution is 2.27. The van der Waals surface area contributed by atoms with Crippen LogP contribution in [0.1, 0.15) is 39.5 Å². The van der Waals surface area contributed by atoms with Crippen LogP contribution in [0.15, 0.2) is 0 Å². The molecule has 0 radical (unpaired) electrons. The van der Waals surface area contributed by atoms with Gasteiger partial charge in [-0.1, -0.05) is 6.92 Å². The molecule has 3 rings (SSSR count). The van der Waals surface area contributed by atoms with E-state index in [0.717, 1.165) is 37.4 Å². The molecule has 0 saturated carbocycles. The van der Waals surface area contributed by atoms with Gasteiger partial charge in [-0.05, 0) is 38.5 Å². The predicted molar refractivity (Wildman–Crippen MR) is 86.0 cm³/mol. The zero-order valence-electron chi connectivity index (χ0n) is 13.3. The Bertz CT molecular complexity index is 485. The van der Waals surface area contributed by atoms with Crippen LogP contribution in [-0.2, 0) is 0 Å². The van der Waals surface area contributed by atoms with Crippen LogP contribution in [0, 0.1) is 5.92 Å². The Labute approximate surface area is 127 Å². The van der Waals surface area contributed by atoms with Crippen molar-refractivity contribution in [2.45, 2.75) is 45.6 Å². The molecule has 2 fully saturated rings. The lowest BCUT2D eigenvalue weighted by Gasteiger charge is -2.36. The Balaban J connectivity index is 1.88. The van der Waals surface area contributed by atoms with Gasteiger partial charge in [0.2, 0.25) is 17.8 Å². The third-order valence-electron chi connectivity index (χ3n) is 4.62. The number of nitrogens with zero attached hydrogens (tertiary/aromatic N) is 5. The zero-order chi connectivity index (χ0) is 14.8. The lowest BCUT2D eigenvalue weighted by Crippen LogP contribution is -2.41. The van der Waals surface area contributed by atoms with Crippen LogP contribution in [0.4, 0.5) is 17.8 Å². The highest BCUT2D eigenvalue weighted by atomic mass is 15.4. The number of aromatic nitrogens is 3. The van der Waals surface area contributed by atoms with Crippen molar-refractivity contribution in [1.82, 2.24) is 15.0 Å². The van der Waals surface area contributed by atoms with E-state index >= 15 is 0 Å². The molecule has 6 heteroatoms. The van der Waals surface area contributed by atoms with Gasteiger partial charge in [0.05, 0.1) is 0 Å². The fourth-order valence-corrected chi connectivity index (χ4v) is 3.36. The van der Waals surface area contributed by atoms with Gasteiger partial charge in [-0.3, -0.25) is 0 Å². The lowest BCUT2D eigenvalue weighted by atomic mass is 9.94. The molecule has 2 aliphatic rings. The van der Waals surface area contributed by atoms with E-state index in [0.29, 0.717) is 12.0 Å². The molecule has 2 atom stereocenters. The van der Waals surface area contributed by atoms with E-state index in [4.69, 9.17) is 4.98 Å². The van der Waals surface area contributed by atoms with Gasteiger partial charge in [0.15, 0.2) is 0 Å². The van der Waals surface area contributed by atoms with Gasteiger partial charge in [0, 0.05) is 32.7 Å². The Hall–Kier alpha value is -1.59. The molecule has 0 bridgehead atoms. The number of anilines is 3. The van der Waals surface area contributed by atoms with Crippen molar-refractivity contribution >= 4 is 17.8 Å². The molecule has 6 nitrogen and oxygen atoms in total. The summed E-state index contributed by atoms with van der Waals surface area (Å²) in [5, 5.41) is 3.08. The maximum Gasteiger partial charge on any atom is 0.232 e. The first kappa shape index (κ1) is 14.4. The predicted octanol–water partition coefficient (Wildman–Crippen LogP) is 2.14. The monoisotopic (exact) mass is 290 g/mol. The van der Waals surface area contributed by atoms with E-state index in [9.17, 15) is 0 Å². The van der Waals surface area contributed by atoms with Crippen molar-refractivity contribution < 1.29 is 0 Å². The van der Waals surface area contributed by atoms with E-state index in [1.165, 1.54) is 25.7 Å². The maximum atomic E-state index is 4.75. The zero-order valence-corrected chi connectivity index (χ0v) is 13.3. The van der Waals surface area contributed by atoms with Gasteiger partial charge in [0.1, 0.15) is 0 Å². The topological polar surface area (TPSA) is 57.2 Å². The lowest BCUT2D eigenvalue weighted by molar-refractivity contribution is 0.374. The standard InChI is InChI=1S/C15H26N6/c1-11-6-9-21(12(2)10-11)15-18-13(16-3)17-14(19-15)20-7-4-5-8-20/h11-12H,4-10H2,1-3H3,(H,16,17,18,19). The molecule has 2 aliphatic heterocycles. The maximum absolute atomic E-state index is 4.75. The van der Waals surface area contributed by atoms with Gasteiger partial charge >= 0.3 is 0 Å². The Morgan fingerprint density at radius 1 is 1.00 bits per heavy atom. The van der Waals surface area contributed by atoms with Crippen molar-refractivity contribution in [2.24, 2.45) is 5.92 Å². The van der Waals surface area contributed by atoms with Gasteiger partial charge in [-0.2, -0.15) is 15.0 Å². The summed E-state index contributed by atoms with van der Waals surface area (Å²) in [6.45, 7) is 7.75. The van der Waals surface area contributed by atoms with Gasteiger partial charge < -0.3 is 15.1 Å². The minimum Gasteiger partial charge on any atom is -0.357 e. The first-order valence-corrected chi connectivity index (χ1v) is 8.13. The number of rotatable bonds is 3. The summed E-state index contributed by atoms with van der Waals surface area (Å²) in [7, 11) is 1.87. The Kier molecular flexibility index (Phi) is 4.12. The molecule has 0 aliphatic carbocycles. The van der Waals surface area contributed by atoms with E-state index < -0.39 is 0 Å². The average Bonchev–Trinajstić information content (AvgIpc) is 3.01. The summed E-state index contributed by atoms with van der Waals surface area (Å²) in [6.07, 6.45) is 4.88. The van der Waals surface area contributed by atoms with Crippen molar-refractivity contribution in [2.75, 3.05) is 41.8 Å². The molecular weight excluding hydrogens is 264 g/mol. The second-order valence-corrected chi connectivity index (χ2v) is 6.38. The summed E-state index contributed by atoms with van der Waals surface area (Å²) in [4.78, 5) is 18.5. The van der Waals surface area contributed by atoms with Crippen molar-refractivity contribution in [3.8, 4) is 0 Å². The van der Waals surface area contributed by atoms with Crippen molar-refractivity contribution in [3.05, 3.63) is 0 Å². The quantitative estimate of drug-likeness (QED) is 0.920. The molecule has 0 spiro atoms. The van der Waals surface area contributed by atoms with Gasteiger partial charge in [-0.15, -0.1) is 0 Å². The normalized spacial score (nSPS) is 26.2. The second-order valence-electron chi connectivity index (χ2n) is 6.38. The average molecular weight is 290 g/mol. The number of nitrogens with one attached hydrogen (secondary N) is 1. The van der Waals surface area contributed by atoms with Crippen LogP contribution in [-0.4, -0.2) is 47.7 Å². The van der Waals surface area contributed by atoms with Gasteiger partial charge in [-0.25, -0.2) is 0 Å². The molecule has 2 unspecified atom stereocenters. The fraction of sp³-hybridized carbons (Fsp3) is 0.800. The molecule has 0 amide bonds. The molecule has 1 aromatic rings. The van der Waals surface area contributed by atoms with Crippen LogP contribution in [0.2, 0.25) is 0 Å². The molecule has 1 aromatic heterocycles. The highest BCUT2D eigenvalue weighted by molar-refractivity contribution is 5.46. The summed E-state index contributed by atoms with van der Waals surface area (Å²) in [6, 6.07) is 0.493. The number of hydrogen-bond donors (Lipinski definition) is 1. The summed E-state index contributed by atoms with van der Waals surface area (Å²) < 4.78 is 0. The molecule has 0 aromatic carbocycles. The minimum absolute atomic E-state index is 0.493. The van der Waals surface area contributed by atoms with Crippen LogP contribution in [0.5, 0.6) is 0 Å². The molecule has 2 saturated heterocycles. The summed E-state index contributed by atoms with van der Waals surface area (Å²) >= 11 is 0. The van der Waals surface area contributed by atoms with Crippen LogP contribution < -0.4 is 15.1 Å². The van der Waals surface area contributed by atoms with E-state index in [-0.39, 0.29) is 0 Å². The van der Waals surface area contributed by atoms with E-state index in [1.54, 1.807) is 0 Å². The van der Waals surface area contributed by atoms with Crippen molar-refractivity contribution in [1.29, 1.82) is 0 Å². The SMILES string of the molecule is CNc1nc(N2CCCC2)nc(N2CCC(C)CC2C)n1. The third kappa shape index (κ3) is 3.04. The molecule has 3 heterocycles.